The topological polar surface area (TPSA) is 120 Å². The summed E-state index contributed by atoms with van der Waals surface area (Å²) in [5.74, 6) is -0.0452. The molecule has 0 aliphatic carbocycles. The Morgan fingerprint density at radius 3 is 2.24 bits per heavy atom. The zero-order valence-electron chi connectivity index (χ0n) is 23.9. The van der Waals surface area contributed by atoms with E-state index in [4.69, 9.17) is 11.6 Å². The van der Waals surface area contributed by atoms with Crippen LogP contribution in [-0.2, 0) is 24.4 Å². The molecule has 7 rings (SSSR count). The number of carbonyl (C=O) groups is 1. The van der Waals surface area contributed by atoms with Crippen molar-refractivity contribution in [1.29, 1.82) is 0 Å². The lowest BCUT2D eigenvalue weighted by Gasteiger charge is -2.14. The van der Waals surface area contributed by atoms with Gasteiger partial charge in [0.2, 0.25) is 5.91 Å². The molecule has 1 amide bonds. The number of nitrogens with one attached hydrogen (secondary N) is 2. The molecule has 11 heteroatoms. The van der Waals surface area contributed by atoms with Gasteiger partial charge in [-0.1, -0.05) is 84.4 Å². The Hall–Kier alpha value is -5.74. The normalized spacial score (nSPS) is 11.3. The number of imidazole rings is 2. The number of amides is 1. The number of hydrogen-bond donors (Lipinski definition) is 2. The van der Waals surface area contributed by atoms with Crippen LogP contribution in [0.3, 0.4) is 0 Å². The van der Waals surface area contributed by atoms with Gasteiger partial charge in [-0.3, -0.25) is 14.2 Å². The molecule has 2 N–H and O–H groups in total. The molecule has 0 saturated heterocycles. The first-order valence-corrected chi connectivity index (χ1v) is 14.6. The molecule has 0 unspecified atom stereocenters. The fraction of sp³-hybridized carbons (Fsp3) is 0.0882. The third-order valence-electron chi connectivity index (χ3n) is 7.56. The molecule has 222 valence electrons. The van der Waals surface area contributed by atoms with Crippen LogP contribution >= 0.6 is 11.6 Å². The molecule has 10 nitrogen and oxygen atoms in total. The number of hydrogen-bond acceptors (Lipinski definition) is 5. The molecule has 0 fully saturated rings. The van der Waals surface area contributed by atoms with E-state index < -0.39 is 23.7 Å². The molecule has 0 saturated carbocycles. The molecule has 0 radical (unpaired) electrons. The molecular weight excluding hydrogens is 590 g/mol. The van der Waals surface area contributed by atoms with Crippen molar-refractivity contribution in [1.82, 2.24) is 28.7 Å². The monoisotopic (exact) mass is 615 g/mol. The number of H-pyrrole nitrogens is 1. The minimum absolute atomic E-state index is 0.174. The molecule has 0 atom stereocenters. The number of halogens is 1. The summed E-state index contributed by atoms with van der Waals surface area (Å²) < 4.78 is 4.10. The second-order valence-electron chi connectivity index (χ2n) is 10.6. The van der Waals surface area contributed by atoms with Crippen molar-refractivity contribution in [2.24, 2.45) is 0 Å². The SMILES string of the molecule is O=C(Cn1c(=O)c2c(ncn2Cc2ccccc2)n(Cc2ccccc2)c1=O)Nc1ccc(Cl)cc1-c1nc2ccccc2[nH]1. The maximum Gasteiger partial charge on any atom is 0.333 e. The van der Waals surface area contributed by atoms with Gasteiger partial charge in [0.25, 0.3) is 5.56 Å². The average molecular weight is 616 g/mol. The number of aromatic nitrogens is 6. The minimum atomic E-state index is -0.634. The van der Waals surface area contributed by atoms with Crippen LogP contribution in [0.15, 0.2) is 119 Å². The van der Waals surface area contributed by atoms with Gasteiger partial charge in [0.15, 0.2) is 11.2 Å². The number of benzene rings is 4. The summed E-state index contributed by atoms with van der Waals surface area (Å²) >= 11 is 6.32. The quantitative estimate of drug-likeness (QED) is 0.241. The Morgan fingerprint density at radius 1 is 0.822 bits per heavy atom. The van der Waals surface area contributed by atoms with Crippen LogP contribution in [0.25, 0.3) is 33.6 Å². The van der Waals surface area contributed by atoms with Crippen LogP contribution in [0.2, 0.25) is 5.02 Å². The fourth-order valence-electron chi connectivity index (χ4n) is 5.42. The van der Waals surface area contributed by atoms with Gasteiger partial charge in [0.05, 0.1) is 29.6 Å². The van der Waals surface area contributed by atoms with Crippen molar-refractivity contribution in [3.05, 3.63) is 146 Å². The Balaban J connectivity index is 1.28. The van der Waals surface area contributed by atoms with Gasteiger partial charge < -0.3 is 14.9 Å². The van der Waals surface area contributed by atoms with Gasteiger partial charge in [-0.2, -0.15) is 0 Å². The van der Waals surface area contributed by atoms with E-state index >= 15 is 0 Å². The van der Waals surface area contributed by atoms with Crippen molar-refractivity contribution >= 4 is 45.4 Å². The van der Waals surface area contributed by atoms with Crippen LogP contribution in [0.5, 0.6) is 0 Å². The Morgan fingerprint density at radius 2 is 1.51 bits per heavy atom. The van der Waals surface area contributed by atoms with Crippen LogP contribution in [0.1, 0.15) is 11.1 Å². The van der Waals surface area contributed by atoms with Gasteiger partial charge in [0.1, 0.15) is 12.4 Å². The fourth-order valence-corrected chi connectivity index (χ4v) is 5.59. The number of nitrogens with zero attached hydrogens (tertiary/aromatic N) is 5. The van der Waals surface area contributed by atoms with E-state index in [1.54, 1.807) is 29.1 Å². The molecule has 0 bridgehead atoms. The van der Waals surface area contributed by atoms with E-state index in [0.717, 1.165) is 26.7 Å². The first-order chi connectivity index (χ1) is 21.9. The second kappa shape index (κ2) is 11.7. The summed E-state index contributed by atoms with van der Waals surface area (Å²) in [6.45, 7) is 0.0306. The molecule has 4 aromatic carbocycles. The Kier molecular flexibility index (Phi) is 7.32. The van der Waals surface area contributed by atoms with Gasteiger partial charge >= 0.3 is 5.69 Å². The molecular formula is C34H26ClN7O3. The second-order valence-corrected chi connectivity index (χ2v) is 11.1. The molecule has 0 aliphatic rings. The lowest BCUT2D eigenvalue weighted by molar-refractivity contribution is -0.116. The molecule has 45 heavy (non-hydrogen) atoms. The number of anilines is 1. The number of aromatic amines is 1. The summed E-state index contributed by atoms with van der Waals surface area (Å²) in [7, 11) is 0. The predicted molar refractivity (Wildman–Crippen MR) is 175 cm³/mol. The summed E-state index contributed by atoms with van der Waals surface area (Å²) in [4.78, 5) is 53.7. The van der Waals surface area contributed by atoms with E-state index in [9.17, 15) is 14.4 Å². The predicted octanol–water partition coefficient (Wildman–Crippen LogP) is 5.29. The zero-order chi connectivity index (χ0) is 30.9. The van der Waals surface area contributed by atoms with Crippen molar-refractivity contribution in [3.63, 3.8) is 0 Å². The maximum absolute atomic E-state index is 13.9. The van der Waals surface area contributed by atoms with Gasteiger partial charge in [-0.05, 0) is 41.5 Å². The highest BCUT2D eigenvalue weighted by Crippen LogP contribution is 2.30. The maximum atomic E-state index is 13.9. The lowest BCUT2D eigenvalue weighted by Crippen LogP contribution is -2.43. The van der Waals surface area contributed by atoms with E-state index in [2.05, 4.69) is 20.3 Å². The highest BCUT2D eigenvalue weighted by molar-refractivity contribution is 6.31. The van der Waals surface area contributed by atoms with E-state index in [1.165, 1.54) is 4.57 Å². The highest BCUT2D eigenvalue weighted by Gasteiger charge is 2.21. The van der Waals surface area contributed by atoms with E-state index in [1.807, 2.05) is 84.9 Å². The van der Waals surface area contributed by atoms with Crippen molar-refractivity contribution in [3.8, 4) is 11.4 Å². The molecule has 0 spiro atoms. The van der Waals surface area contributed by atoms with Crippen LogP contribution in [-0.4, -0.2) is 34.6 Å². The Bertz CT molecular complexity index is 2270. The smallest absolute Gasteiger partial charge is 0.333 e. The van der Waals surface area contributed by atoms with Crippen LogP contribution in [0.4, 0.5) is 5.69 Å². The van der Waals surface area contributed by atoms with Crippen molar-refractivity contribution in [2.45, 2.75) is 19.6 Å². The van der Waals surface area contributed by atoms with Crippen LogP contribution < -0.4 is 16.6 Å². The van der Waals surface area contributed by atoms with Gasteiger partial charge in [-0.15, -0.1) is 0 Å². The van der Waals surface area contributed by atoms with Gasteiger partial charge in [0, 0.05) is 17.1 Å². The minimum Gasteiger partial charge on any atom is -0.338 e. The van der Waals surface area contributed by atoms with Crippen molar-refractivity contribution in [2.75, 3.05) is 5.32 Å². The number of rotatable bonds is 8. The van der Waals surface area contributed by atoms with Crippen molar-refractivity contribution < 1.29 is 4.79 Å². The third-order valence-corrected chi connectivity index (χ3v) is 7.80. The first kappa shape index (κ1) is 28.1. The number of fused-ring (bicyclic) bond motifs is 2. The van der Waals surface area contributed by atoms with E-state index in [0.29, 0.717) is 28.6 Å². The zero-order valence-corrected chi connectivity index (χ0v) is 24.6. The largest absolute Gasteiger partial charge is 0.338 e. The summed E-state index contributed by atoms with van der Waals surface area (Å²) in [6, 6.07) is 31.6. The summed E-state index contributed by atoms with van der Waals surface area (Å²) in [5.41, 5.74) is 3.65. The van der Waals surface area contributed by atoms with Crippen LogP contribution in [0, 0.1) is 0 Å². The van der Waals surface area contributed by atoms with Gasteiger partial charge in [-0.25, -0.2) is 19.3 Å². The molecule has 3 heterocycles. The standard InChI is InChI=1S/C34H26ClN7O3/c35-24-15-16-26(25(17-24)31-38-27-13-7-8-14-28(27)39-31)37-29(43)20-42-33(44)30-32(36-21-40(30)18-22-9-3-1-4-10-22)41(34(42)45)19-23-11-5-2-6-12-23/h1-17,21H,18-20H2,(H,37,43)(H,38,39). The molecule has 0 aliphatic heterocycles. The Labute approximate surface area is 261 Å². The highest BCUT2D eigenvalue weighted by atomic mass is 35.5. The summed E-state index contributed by atoms with van der Waals surface area (Å²) in [6.07, 6.45) is 1.55. The third kappa shape index (κ3) is 5.54. The summed E-state index contributed by atoms with van der Waals surface area (Å²) in [5, 5.41) is 3.32. The first-order valence-electron chi connectivity index (χ1n) is 14.3. The molecule has 7 aromatic rings. The van der Waals surface area contributed by atoms with E-state index in [-0.39, 0.29) is 17.7 Å². The average Bonchev–Trinajstić information content (AvgIpc) is 3.68. The molecule has 3 aromatic heterocycles. The number of carbonyl (C=O) groups excluding carboxylic acids is 1. The lowest BCUT2D eigenvalue weighted by atomic mass is 10.1. The number of para-hydroxylation sites is 2.